The van der Waals surface area contributed by atoms with Crippen LogP contribution in [0.3, 0.4) is 0 Å². The van der Waals surface area contributed by atoms with Crippen molar-refractivity contribution in [2.45, 2.75) is 12.8 Å². The average Bonchev–Trinajstić information content (AvgIpc) is 2.67. The first-order valence-corrected chi connectivity index (χ1v) is 7.50. The zero-order valence-corrected chi connectivity index (χ0v) is 12.6. The summed E-state index contributed by atoms with van der Waals surface area (Å²) in [4.78, 5) is 14.6. The monoisotopic (exact) mass is 322 g/mol. The highest BCUT2D eigenvalue weighted by molar-refractivity contribution is 7.80. The van der Waals surface area contributed by atoms with Crippen LogP contribution in [0.1, 0.15) is 23.2 Å². The Morgan fingerprint density at radius 2 is 2.06 bits per heavy atom. The van der Waals surface area contributed by atoms with Crippen LogP contribution >= 0.6 is 46.8 Å². The summed E-state index contributed by atoms with van der Waals surface area (Å²) in [5.41, 5.74) is 6.10. The number of nitrogens with zero attached hydrogens (tertiary/aromatic N) is 1. The third kappa shape index (κ3) is 2.96. The molecule has 0 unspecified atom stereocenters. The molecule has 0 saturated carbocycles. The SMILES string of the molecule is NC(=S)C1CCN(C(=O)c2cc(Cl)sc2Cl)CC1. The molecule has 1 aromatic heterocycles. The van der Waals surface area contributed by atoms with Gasteiger partial charge in [0, 0.05) is 19.0 Å². The maximum Gasteiger partial charge on any atom is 0.256 e. The minimum absolute atomic E-state index is 0.0652. The third-order valence-corrected chi connectivity index (χ3v) is 4.89. The van der Waals surface area contributed by atoms with Gasteiger partial charge in [0.15, 0.2) is 0 Å². The lowest BCUT2D eigenvalue weighted by molar-refractivity contribution is 0.0711. The summed E-state index contributed by atoms with van der Waals surface area (Å²) >= 11 is 18.0. The van der Waals surface area contributed by atoms with Gasteiger partial charge < -0.3 is 10.6 Å². The van der Waals surface area contributed by atoms with Crippen molar-refractivity contribution in [1.29, 1.82) is 0 Å². The first kappa shape index (κ1) is 14.1. The van der Waals surface area contributed by atoms with Gasteiger partial charge in [0.1, 0.15) is 4.34 Å². The fraction of sp³-hybridized carbons (Fsp3) is 0.455. The Kier molecular flexibility index (Phi) is 4.48. The number of rotatable bonds is 2. The van der Waals surface area contributed by atoms with Gasteiger partial charge in [0.2, 0.25) is 0 Å². The highest BCUT2D eigenvalue weighted by Crippen LogP contribution is 2.32. The molecule has 2 rings (SSSR count). The Bertz CT molecular complexity index is 481. The highest BCUT2D eigenvalue weighted by Gasteiger charge is 2.26. The van der Waals surface area contributed by atoms with Gasteiger partial charge in [0.05, 0.1) is 14.9 Å². The number of nitrogens with two attached hydrogens (primary N) is 1. The van der Waals surface area contributed by atoms with Crippen molar-refractivity contribution in [3.63, 3.8) is 0 Å². The van der Waals surface area contributed by atoms with Crippen LogP contribution in [0, 0.1) is 5.92 Å². The van der Waals surface area contributed by atoms with E-state index < -0.39 is 0 Å². The van der Waals surface area contributed by atoms with E-state index in [4.69, 9.17) is 41.2 Å². The van der Waals surface area contributed by atoms with Gasteiger partial charge in [-0.05, 0) is 18.9 Å². The molecule has 1 fully saturated rings. The van der Waals surface area contributed by atoms with Crippen LogP contribution in [0.25, 0.3) is 0 Å². The van der Waals surface area contributed by atoms with Crippen LogP contribution in [0.15, 0.2) is 6.07 Å². The second-order valence-electron chi connectivity index (χ2n) is 4.21. The largest absolute Gasteiger partial charge is 0.393 e. The van der Waals surface area contributed by atoms with Gasteiger partial charge in [-0.1, -0.05) is 35.4 Å². The number of hydrogen-bond acceptors (Lipinski definition) is 3. The number of carbonyl (C=O) groups excluding carboxylic acids is 1. The molecule has 0 bridgehead atoms. The van der Waals surface area contributed by atoms with E-state index in [9.17, 15) is 4.79 Å². The van der Waals surface area contributed by atoms with E-state index in [1.165, 1.54) is 11.3 Å². The highest BCUT2D eigenvalue weighted by atomic mass is 35.5. The fourth-order valence-corrected chi connectivity index (χ4v) is 3.71. The summed E-state index contributed by atoms with van der Waals surface area (Å²) in [6, 6.07) is 1.62. The van der Waals surface area contributed by atoms with E-state index >= 15 is 0 Å². The number of amides is 1. The molecule has 2 N–H and O–H groups in total. The second-order valence-corrected chi connectivity index (χ2v) is 6.96. The Morgan fingerprint density at radius 1 is 1.44 bits per heavy atom. The van der Waals surface area contributed by atoms with Crippen molar-refractivity contribution < 1.29 is 4.79 Å². The first-order valence-electron chi connectivity index (χ1n) is 5.52. The Labute approximate surface area is 125 Å². The Balaban J connectivity index is 2.04. The molecular weight excluding hydrogens is 311 g/mol. The van der Waals surface area contributed by atoms with Crippen LogP contribution < -0.4 is 5.73 Å². The molecule has 98 valence electrons. The summed E-state index contributed by atoms with van der Waals surface area (Å²) in [6.45, 7) is 1.31. The molecular formula is C11H12Cl2N2OS2. The molecule has 2 heterocycles. The molecule has 1 aromatic rings. The van der Waals surface area contributed by atoms with Crippen LogP contribution in [0.4, 0.5) is 0 Å². The van der Waals surface area contributed by atoms with Gasteiger partial charge in [-0.15, -0.1) is 11.3 Å². The molecule has 0 radical (unpaired) electrons. The first-order chi connectivity index (χ1) is 8.49. The van der Waals surface area contributed by atoms with E-state index in [0.29, 0.717) is 32.3 Å². The van der Waals surface area contributed by atoms with Gasteiger partial charge in [0.25, 0.3) is 5.91 Å². The number of piperidine rings is 1. The number of halogens is 2. The average molecular weight is 323 g/mol. The van der Waals surface area contributed by atoms with E-state index in [2.05, 4.69) is 0 Å². The predicted octanol–water partition coefficient (Wildman–Crippen LogP) is 3.19. The van der Waals surface area contributed by atoms with E-state index in [1.54, 1.807) is 11.0 Å². The predicted molar refractivity (Wildman–Crippen MR) is 79.8 cm³/mol. The second kappa shape index (κ2) is 5.74. The summed E-state index contributed by atoms with van der Waals surface area (Å²) in [5.74, 6) is 0.176. The van der Waals surface area contributed by atoms with Crippen LogP contribution in [-0.2, 0) is 0 Å². The molecule has 0 aliphatic carbocycles. The smallest absolute Gasteiger partial charge is 0.256 e. The minimum Gasteiger partial charge on any atom is -0.393 e. The molecule has 0 spiro atoms. The zero-order chi connectivity index (χ0) is 13.3. The third-order valence-electron chi connectivity index (χ3n) is 3.07. The lowest BCUT2D eigenvalue weighted by Gasteiger charge is -2.31. The van der Waals surface area contributed by atoms with E-state index in [1.807, 2.05) is 0 Å². The van der Waals surface area contributed by atoms with Crippen LogP contribution in [-0.4, -0.2) is 28.9 Å². The lowest BCUT2D eigenvalue weighted by atomic mass is 9.96. The van der Waals surface area contributed by atoms with Crippen molar-refractivity contribution >= 4 is 57.7 Å². The molecule has 1 aliphatic rings. The van der Waals surface area contributed by atoms with Crippen molar-refractivity contribution in [2.75, 3.05) is 13.1 Å². The van der Waals surface area contributed by atoms with Crippen molar-refractivity contribution in [3.8, 4) is 0 Å². The maximum atomic E-state index is 12.2. The van der Waals surface area contributed by atoms with Crippen molar-refractivity contribution in [1.82, 2.24) is 4.90 Å². The van der Waals surface area contributed by atoms with E-state index in [0.717, 1.165) is 12.8 Å². The number of likely N-dealkylation sites (tertiary alicyclic amines) is 1. The molecule has 18 heavy (non-hydrogen) atoms. The van der Waals surface area contributed by atoms with E-state index in [-0.39, 0.29) is 11.8 Å². The van der Waals surface area contributed by atoms with Gasteiger partial charge in [-0.2, -0.15) is 0 Å². The van der Waals surface area contributed by atoms with Gasteiger partial charge >= 0.3 is 0 Å². The van der Waals surface area contributed by atoms with Crippen molar-refractivity contribution in [2.24, 2.45) is 11.7 Å². The van der Waals surface area contributed by atoms with Gasteiger partial charge in [-0.3, -0.25) is 4.79 Å². The molecule has 0 aromatic carbocycles. The molecule has 7 heteroatoms. The standard InChI is InChI=1S/C11H12Cl2N2OS2/c12-8-5-7(9(13)18-8)11(16)15-3-1-6(2-4-15)10(14)17/h5-6H,1-4H2,(H2,14,17). The fourth-order valence-electron chi connectivity index (χ4n) is 2.02. The number of thiophene rings is 1. The molecule has 1 saturated heterocycles. The topological polar surface area (TPSA) is 46.3 Å². The quantitative estimate of drug-likeness (QED) is 0.850. The Hall–Kier alpha value is -0.360. The molecule has 3 nitrogen and oxygen atoms in total. The van der Waals surface area contributed by atoms with Crippen molar-refractivity contribution in [3.05, 3.63) is 20.3 Å². The van der Waals surface area contributed by atoms with Crippen LogP contribution in [0.2, 0.25) is 8.67 Å². The maximum absolute atomic E-state index is 12.2. The Morgan fingerprint density at radius 3 is 2.50 bits per heavy atom. The number of thiocarbonyl (C=S) groups is 1. The summed E-state index contributed by atoms with van der Waals surface area (Å²) < 4.78 is 0.975. The number of carbonyl (C=O) groups is 1. The zero-order valence-electron chi connectivity index (χ0n) is 9.49. The normalized spacial score (nSPS) is 16.9. The molecule has 1 aliphatic heterocycles. The summed E-state index contributed by atoms with van der Waals surface area (Å²) in [7, 11) is 0. The lowest BCUT2D eigenvalue weighted by Crippen LogP contribution is -2.41. The minimum atomic E-state index is -0.0652. The summed E-state index contributed by atoms with van der Waals surface area (Å²) in [6.07, 6.45) is 1.63. The van der Waals surface area contributed by atoms with Gasteiger partial charge in [-0.25, -0.2) is 0 Å². The molecule has 0 atom stereocenters. The summed E-state index contributed by atoms with van der Waals surface area (Å²) in [5, 5.41) is 0. The molecule has 1 amide bonds. The number of hydrogen-bond donors (Lipinski definition) is 1. The van der Waals surface area contributed by atoms with Crippen LogP contribution in [0.5, 0.6) is 0 Å².